The van der Waals surface area contributed by atoms with Crippen LogP contribution in [0.3, 0.4) is 0 Å². The van der Waals surface area contributed by atoms with Gasteiger partial charge in [0.05, 0.1) is 6.61 Å². The summed E-state index contributed by atoms with van der Waals surface area (Å²) in [5, 5.41) is 21.2. The van der Waals surface area contributed by atoms with E-state index in [1.165, 1.54) is 24.3 Å². The van der Waals surface area contributed by atoms with Crippen LogP contribution in [-0.2, 0) is 22.8 Å². The number of ether oxygens (including phenoxy) is 2. The molecule has 1 aromatic carbocycles. The van der Waals surface area contributed by atoms with Gasteiger partial charge in [0.2, 0.25) is 0 Å². The van der Waals surface area contributed by atoms with Crippen LogP contribution in [-0.4, -0.2) is 76.4 Å². The monoisotopic (exact) mass is 438 g/mol. The van der Waals surface area contributed by atoms with E-state index in [0.717, 1.165) is 11.8 Å². The highest BCUT2D eigenvalue weighted by Gasteiger charge is 2.57. The third-order valence-corrected chi connectivity index (χ3v) is 6.00. The highest BCUT2D eigenvalue weighted by molar-refractivity contribution is 8.14. The number of alkyl halides is 4. The number of halogens is 4. The zero-order valence-electron chi connectivity index (χ0n) is 15.7. The van der Waals surface area contributed by atoms with Gasteiger partial charge in [0.15, 0.2) is 11.3 Å². The molecular weight excluding hydrogens is 416 g/mol. The number of nitrogens with zero attached hydrogens (tertiary/aromatic N) is 2. The van der Waals surface area contributed by atoms with E-state index in [4.69, 9.17) is 9.47 Å². The van der Waals surface area contributed by atoms with Crippen molar-refractivity contribution in [3.63, 3.8) is 0 Å². The quantitative estimate of drug-likeness (QED) is 0.686. The average Bonchev–Trinajstić information content (AvgIpc) is 3.10. The summed E-state index contributed by atoms with van der Waals surface area (Å²) in [5.74, 6) is 0. The first-order valence-corrected chi connectivity index (χ1v) is 9.75. The summed E-state index contributed by atoms with van der Waals surface area (Å²) < 4.78 is 64.2. The highest BCUT2D eigenvalue weighted by atomic mass is 32.2. The van der Waals surface area contributed by atoms with Gasteiger partial charge in [0, 0.05) is 14.1 Å². The molecule has 2 heterocycles. The highest BCUT2D eigenvalue weighted by Crippen LogP contribution is 2.41. The predicted molar refractivity (Wildman–Crippen MR) is 99.1 cm³/mol. The van der Waals surface area contributed by atoms with Gasteiger partial charge in [-0.05, 0) is 11.1 Å². The van der Waals surface area contributed by atoms with Crippen LogP contribution in [0.1, 0.15) is 11.1 Å². The van der Waals surface area contributed by atoms with Crippen LogP contribution < -0.4 is 0 Å². The van der Waals surface area contributed by atoms with Gasteiger partial charge in [-0.2, -0.15) is 13.2 Å². The fraction of sp³-hybridized carbons (Fsp3) is 0.611. The van der Waals surface area contributed by atoms with Gasteiger partial charge in [-0.15, -0.1) is 0 Å². The van der Waals surface area contributed by atoms with E-state index >= 15 is 0 Å². The minimum absolute atomic E-state index is 0.399. The van der Waals surface area contributed by atoms with Crippen molar-refractivity contribution in [2.24, 2.45) is 4.99 Å². The fourth-order valence-electron chi connectivity index (χ4n) is 3.13. The lowest BCUT2D eigenvalue weighted by atomic mass is 9.94. The molecule has 29 heavy (non-hydrogen) atoms. The molecular formula is C18H22F4N2O4S. The van der Waals surface area contributed by atoms with Crippen LogP contribution >= 0.6 is 11.8 Å². The largest absolute Gasteiger partial charge is 0.417 e. The van der Waals surface area contributed by atoms with Crippen molar-refractivity contribution in [3.05, 3.63) is 35.4 Å². The van der Waals surface area contributed by atoms with Gasteiger partial charge >= 0.3 is 6.18 Å². The Hall–Kier alpha value is -1.40. The Kier molecular flexibility index (Phi) is 6.74. The van der Waals surface area contributed by atoms with Crippen LogP contribution in [0.25, 0.3) is 0 Å². The minimum Gasteiger partial charge on any atom is -0.388 e. The second kappa shape index (κ2) is 8.76. The molecule has 0 aromatic heterocycles. The number of benzene rings is 1. The summed E-state index contributed by atoms with van der Waals surface area (Å²) in [7, 11) is 3.42. The minimum atomic E-state index is -4.84. The summed E-state index contributed by atoms with van der Waals surface area (Å²) >= 11 is 1.08. The molecule has 0 aliphatic carbocycles. The molecule has 0 bridgehead atoms. The molecule has 6 nitrogen and oxygen atoms in total. The normalized spacial score (nSPS) is 30.6. The molecule has 0 spiro atoms. The van der Waals surface area contributed by atoms with Crippen molar-refractivity contribution in [2.75, 3.05) is 14.1 Å². The van der Waals surface area contributed by atoms with Crippen LogP contribution in [0.4, 0.5) is 17.6 Å². The smallest absolute Gasteiger partial charge is 0.388 e. The number of hydrogen-bond acceptors (Lipinski definition) is 7. The van der Waals surface area contributed by atoms with E-state index in [9.17, 15) is 27.8 Å². The first kappa shape index (κ1) is 22.3. The molecule has 0 radical (unpaired) electrons. The summed E-state index contributed by atoms with van der Waals surface area (Å²) in [6, 6.07) is 4.98. The van der Waals surface area contributed by atoms with Gasteiger partial charge in [0.1, 0.15) is 36.5 Å². The standard InChI is InChI=1S/C18H22F4N2O4S/c1-24(2)17-23-11-12(25)13(26)14(28-16(11)29-17)15(18(20,21)22)27-8-10-5-3-9(7-19)4-6-10/h3-6,11-16,25-26H,7-8H2,1-2H3/t11-,12-,13+,14?,15-,16-/m1/s1. The van der Waals surface area contributed by atoms with Gasteiger partial charge in [-0.1, -0.05) is 36.0 Å². The predicted octanol–water partition coefficient (Wildman–Crippen LogP) is 2.08. The molecule has 1 aromatic rings. The lowest BCUT2D eigenvalue weighted by molar-refractivity contribution is -0.286. The molecule has 6 atom stereocenters. The second-order valence-corrected chi connectivity index (χ2v) is 8.15. The molecule has 1 unspecified atom stereocenters. The van der Waals surface area contributed by atoms with Gasteiger partial charge in [0.25, 0.3) is 0 Å². The van der Waals surface area contributed by atoms with Crippen LogP contribution in [0.15, 0.2) is 29.3 Å². The second-order valence-electron chi connectivity index (χ2n) is 7.09. The van der Waals surface area contributed by atoms with Gasteiger partial charge in [-0.25, -0.2) is 4.39 Å². The zero-order chi connectivity index (χ0) is 21.3. The zero-order valence-corrected chi connectivity index (χ0v) is 16.5. The molecule has 3 rings (SSSR count). The van der Waals surface area contributed by atoms with Crippen molar-refractivity contribution < 1.29 is 37.2 Å². The Morgan fingerprint density at radius 1 is 1.17 bits per heavy atom. The van der Waals surface area contributed by atoms with E-state index < -0.39 is 55.4 Å². The lowest BCUT2D eigenvalue weighted by Gasteiger charge is -2.41. The Bertz CT molecular complexity index is 732. The Labute approximate surface area is 169 Å². The van der Waals surface area contributed by atoms with Crippen molar-refractivity contribution in [2.45, 2.75) is 55.4 Å². The summed E-state index contributed by atoms with van der Waals surface area (Å²) in [6.07, 6.45) is -12.5. The third-order valence-electron chi connectivity index (χ3n) is 4.70. The number of fused-ring (bicyclic) bond motifs is 1. The SMILES string of the molecule is CN(C)C1=N[C@@H]2[C@@H](O)[C@H](O)C([C@@H](OCc3ccc(CF)cc3)C(F)(F)F)O[C@@H]2S1. The number of rotatable bonds is 5. The molecule has 2 aliphatic rings. The maximum Gasteiger partial charge on any atom is 0.417 e. The van der Waals surface area contributed by atoms with Gasteiger partial charge in [-0.3, -0.25) is 4.99 Å². The van der Waals surface area contributed by atoms with Crippen molar-refractivity contribution in [3.8, 4) is 0 Å². The topological polar surface area (TPSA) is 74.5 Å². The number of aliphatic imine (C=N–C) groups is 1. The Morgan fingerprint density at radius 3 is 2.34 bits per heavy atom. The average molecular weight is 438 g/mol. The molecule has 1 fully saturated rings. The number of thioether (sulfide) groups is 1. The van der Waals surface area contributed by atoms with Crippen molar-refractivity contribution >= 4 is 16.9 Å². The van der Waals surface area contributed by atoms with E-state index in [2.05, 4.69) is 4.99 Å². The summed E-state index contributed by atoms with van der Waals surface area (Å²) in [5.41, 5.74) is -0.0574. The molecule has 1 saturated heterocycles. The van der Waals surface area contributed by atoms with Crippen molar-refractivity contribution in [1.29, 1.82) is 0 Å². The number of aliphatic hydroxyl groups excluding tert-OH is 2. The van der Waals surface area contributed by atoms with Crippen molar-refractivity contribution in [1.82, 2.24) is 4.90 Å². The van der Waals surface area contributed by atoms with Crippen LogP contribution in [0.5, 0.6) is 0 Å². The fourth-order valence-corrected chi connectivity index (χ4v) is 4.27. The number of amidine groups is 1. The number of aliphatic hydroxyl groups is 2. The molecule has 2 N–H and O–H groups in total. The molecule has 2 aliphatic heterocycles. The number of hydrogen-bond donors (Lipinski definition) is 2. The molecule has 11 heteroatoms. The maximum atomic E-state index is 13.7. The Balaban J connectivity index is 1.75. The van der Waals surface area contributed by atoms with Crippen LogP contribution in [0.2, 0.25) is 0 Å². The first-order valence-electron chi connectivity index (χ1n) is 8.87. The summed E-state index contributed by atoms with van der Waals surface area (Å²) in [4.78, 5) is 5.88. The Morgan fingerprint density at radius 2 is 1.79 bits per heavy atom. The van der Waals surface area contributed by atoms with E-state index in [0.29, 0.717) is 16.3 Å². The van der Waals surface area contributed by atoms with Crippen LogP contribution in [0, 0.1) is 0 Å². The lowest BCUT2D eigenvalue weighted by Crippen LogP contribution is -2.61. The first-order chi connectivity index (χ1) is 13.6. The van der Waals surface area contributed by atoms with E-state index in [1.807, 2.05) is 0 Å². The molecule has 0 amide bonds. The van der Waals surface area contributed by atoms with E-state index in [1.54, 1.807) is 19.0 Å². The molecule has 0 saturated carbocycles. The third kappa shape index (κ3) is 4.85. The summed E-state index contributed by atoms with van der Waals surface area (Å²) in [6.45, 7) is -1.09. The molecule has 162 valence electrons. The van der Waals surface area contributed by atoms with E-state index in [-0.39, 0.29) is 0 Å². The maximum absolute atomic E-state index is 13.7. The van der Waals surface area contributed by atoms with Gasteiger partial charge < -0.3 is 24.6 Å².